The summed E-state index contributed by atoms with van der Waals surface area (Å²) in [5.74, 6) is -3.50. The first-order chi connectivity index (χ1) is 12.0. The first-order valence-electron chi connectivity index (χ1n) is 7.47. The van der Waals surface area contributed by atoms with E-state index < -0.39 is 46.1 Å². The van der Waals surface area contributed by atoms with Gasteiger partial charge in [0.2, 0.25) is 5.82 Å². The Hall–Kier alpha value is -2.10. The Morgan fingerprint density at radius 1 is 1.15 bits per heavy atom. The Labute approximate surface area is 149 Å². The van der Waals surface area contributed by atoms with Crippen molar-refractivity contribution in [1.29, 1.82) is 0 Å². The molecule has 1 aromatic heterocycles. The van der Waals surface area contributed by atoms with Gasteiger partial charge in [0, 0.05) is 24.1 Å². The highest BCUT2D eigenvalue weighted by atomic mass is 32.2. The van der Waals surface area contributed by atoms with Gasteiger partial charge < -0.3 is 0 Å². The number of thioether (sulfide) groups is 1. The molecule has 0 bridgehead atoms. The third-order valence-electron chi connectivity index (χ3n) is 3.72. The maximum absolute atomic E-state index is 14.5. The Morgan fingerprint density at radius 2 is 1.77 bits per heavy atom. The van der Waals surface area contributed by atoms with E-state index in [1.54, 1.807) is 0 Å². The van der Waals surface area contributed by atoms with Gasteiger partial charge in [-0.25, -0.2) is 9.18 Å². The molecule has 0 radical (unpaired) electrons. The summed E-state index contributed by atoms with van der Waals surface area (Å²) < 4.78 is 67.6. The van der Waals surface area contributed by atoms with Gasteiger partial charge in [0.1, 0.15) is 5.82 Å². The molecule has 0 saturated carbocycles. The Morgan fingerprint density at radius 3 is 2.31 bits per heavy atom. The van der Waals surface area contributed by atoms with Crippen LogP contribution in [0.1, 0.15) is 12.5 Å². The van der Waals surface area contributed by atoms with Crippen LogP contribution in [0.5, 0.6) is 0 Å². The second-order valence-electron chi connectivity index (χ2n) is 5.55. The van der Waals surface area contributed by atoms with Crippen molar-refractivity contribution >= 4 is 11.8 Å². The number of hydrogen-bond acceptors (Lipinski definition) is 3. The molecule has 4 nitrogen and oxygen atoms in total. The second kappa shape index (κ2) is 7.26. The van der Waals surface area contributed by atoms with E-state index in [1.165, 1.54) is 13.8 Å². The normalized spacial score (nSPS) is 11.8. The van der Waals surface area contributed by atoms with Crippen molar-refractivity contribution in [3.63, 3.8) is 0 Å². The minimum Gasteiger partial charge on any atom is -0.293 e. The third kappa shape index (κ3) is 3.84. The smallest absolute Gasteiger partial charge is 0.293 e. The highest BCUT2D eigenvalue weighted by Crippen LogP contribution is 2.34. The van der Waals surface area contributed by atoms with Crippen molar-refractivity contribution in [2.75, 3.05) is 5.75 Å². The minimum absolute atomic E-state index is 0.0743. The van der Waals surface area contributed by atoms with Gasteiger partial charge in [-0.05, 0) is 31.5 Å². The third-order valence-corrected chi connectivity index (χ3v) is 4.94. The topological polar surface area (TPSA) is 44.0 Å². The lowest BCUT2D eigenvalue weighted by atomic mass is 10.1. The molecule has 0 aliphatic heterocycles. The van der Waals surface area contributed by atoms with Crippen LogP contribution in [-0.4, -0.2) is 21.1 Å². The van der Waals surface area contributed by atoms with Gasteiger partial charge in [0.15, 0.2) is 0 Å². The summed E-state index contributed by atoms with van der Waals surface area (Å²) >= 11 is 0.414. The fourth-order valence-corrected chi connectivity index (χ4v) is 3.26. The zero-order valence-electron chi connectivity index (χ0n) is 14.1. The molecule has 142 valence electrons. The van der Waals surface area contributed by atoms with E-state index in [4.69, 9.17) is 0 Å². The van der Waals surface area contributed by atoms with Crippen molar-refractivity contribution in [3.05, 3.63) is 50.2 Å². The Balaban J connectivity index is 2.70. The molecule has 2 rings (SSSR count). The molecule has 1 heterocycles. The zero-order valence-corrected chi connectivity index (χ0v) is 14.9. The van der Waals surface area contributed by atoms with Gasteiger partial charge in [0.25, 0.3) is 5.56 Å². The fourth-order valence-electron chi connectivity index (χ4n) is 2.46. The molecule has 0 spiro atoms. The molecule has 0 fully saturated rings. The number of alkyl halides is 3. The highest BCUT2D eigenvalue weighted by molar-refractivity contribution is 7.99. The Kier molecular flexibility index (Phi) is 5.64. The molecule has 26 heavy (non-hydrogen) atoms. The Bertz CT molecular complexity index is 926. The molecule has 0 aliphatic rings. The summed E-state index contributed by atoms with van der Waals surface area (Å²) in [5.41, 5.74) is -2.88. The average Bonchev–Trinajstić information content (AvgIpc) is 2.53. The van der Waals surface area contributed by atoms with Gasteiger partial charge in [-0.3, -0.25) is 13.9 Å². The molecular formula is C16H15F5N2O2S. The van der Waals surface area contributed by atoms with Gasteiger partial charge in [0.05, 0.1) is 11.4 Å². The summed E-state index contributed by atoms with van der Waals surface area (Å²) in [6, 6.07) is 1.97. The van der Waals surface area contributed by atoms with Crippen LogP contribution < -0.4 is 11.2 Å². The lowest BCUT2D eigenvalue weighted by Gasteiger charge is -2.15. The predicted molar refractivity (Wildman–Crippen MR) is 88.5 cm³/mol. The first kappa shape index (κ1) is 20.2. The molecular weight excluding hydrogens is 379 g/mol. The molecule has 2 aromatic rings. The fraction of sp³-hybridized carbons (Fsp3) is 0.375. The van der Waals surface area contributed by atoms with E-state index in [0.29, 0.717) is 16.3 Å². The van der Waals surface area contributed by atoms with Crippen LogP contribution in [0.4, 0.5) is 22.0 Å². The lowest BCUT2D eigenvalue weighted by molar-refractivity contribution is -0.105. The minimum atomic E-state index is -4.44. The molecule has 0 atom stereocenters. The number of aryl methyl sites for hydroxylation is 1. The SMILES string of the molecule is CCn1c(=O)c(F)c(-c2cc(SCC(F)(F)F)c(C)cc2F)n(C)c1=O. The van der Waals surface area contributed by atoms with Crippen LogP contribution in [0.15, 0.2) is 26.6 Å². The van der Waals surface area contributed by atoms with Crippen molar-refractivity contribution < 1.29 is 22.0 Å². The quantitative estimate of drug-likeness (QED) is 0.589. The number of aromatic nitrogens is 2. The van der Waals surface area contributed by atoms with Crippen LogP contribution in [0.2, 0.25) is 0 Å². The number of hydrogen-bond donors (Lipinski definition) is 0. The standard InChI is InChI=1S/C16H15F5N2O2S/c1-4-23-14(24)12(18)13(22(3)15(23)25)9-6-11(8(2)5-10(9)17)26-7-16(19,20)21/h5-6H,4,7H2,1-3H3. The van der Waals surface area contributed by atoms with Crippen molar-refractivity contribution in [1.82, 2.24) is 9.13 Å². The maximum Gasteiger partial charge on any atom is 0.398 e. The van der Waals surface area contributed by atoms with Crippen molar-refractivity contribution in [2.24, 2.45) is 7.05 Å². The van der Waals surface area contributed by atoms with E-state index in [1.807, 2.05) is 0 Å². The second-order valence-corrected chi connectivity index (χ2v) is 6.57. The molecule has 0 aliphatic carbocycles. The number of rotatable bonds is 4. The van der Waals surface area contributed by atoms with Gasteiger partial charge >= 0.3 is 11.9 Å². The van der Waals surface area contributed by atoms with Crippen LogP contribution in [0.25, 0.3) is 11.3 Å². The molecule has 0 amide bonds. The molecule has 10 heteroatoms. The highest BCUT2D eigenvalue weighted by Gasteiger charge is 2.28. The van der Waals surface area contributed by atoms with Crippen LogP contribution in [-0.2, 0) is 13.6 Å². The summed E-state index contributed by atoms with van der Waals surface area (Å²) in [6.07, 6.45) is -4.44. The van der Waals surface area contributed by atoms with E-state index in [9.17, 15) is 31.5 Å². The van der Waals surface area contributed by atoms with E-state index in [2.05, 4.69) is 0 Å². The monoisotopic (exact) mass is 394 g/mol. The maximum atomic E-state index is 14.5. The summed E-state index contributed by atoms with van der Waals surface area (Å²) in [4.78, 5) is 24.2. The van der Waals surface area contributed by atoms with Crippen molar-refractivity contribution in [3.8, 4) is 11.3 Å². The molecule has 1 aromatic carbocycles. The zero-order chi connectivity index (χ0) is 19.8. The average molecular weight is 394 g/mol. The van der Waals surface area contributed by atoms with Crippen molar-refractivity contribution in [2.45, 2.75) is 31.5 Å². The summed E-state index contributed by atoms with van der Waals surface area (Å²) in [5, 5.41) is 0. The molecule has 0 unspecified atom stereocenters. The van der Waals surface area contributed by atoms with Crippen LogP contribution in [0.3, 0.4) is 0 Å². The summed E-state index contributed by atoms with van der Waals surface area (Å²) in [7, 11) is 1.16. The number of benzene rings is 1. The number of nitrogens with zero attached hydrogens (tertiary/aromatic N) is 2. The largest absolute Gasteiger partial charge is 0.398 e. The number of halogens is 5. The summed E-state index contributed by atoms with van der Waals surface area (Å²) in [6.45, 7) is 2.81. The molecule has 0 N–H and O–H groups in total. The first-order valence-corrected chi connectivity index (χ1v) is 8.45. The lowest BCUT2D eigenvalue weighted by Crippen LogP contribution is -2.41. The van der Waals surface area contributed by atoms with Gasteiger partial charge in [-0.15, -0.1) is 11.8 Å². The van der Waals surface area contributed by atoms with Gasteiger partial charge in [-0.1, -0.05) is 0 Å². The van der Waals surface area contributed by atoms with Gasteiger partial charge in [-0.2, -0.15) is 17.6 Å². The van der Waals surface area contributed by atoms with Crippen LogP contribution in [0, 0.1) is 18.6 Å². The van der Waals surface area contributed by atoms with E-state index in [0.717, 1.165) is 23.7 Å². The van der Waals surface area contributed by atoms with Crippen LogP contribution >= 0.6 is 11.8 Å². The predicted octanol–water partition coefficient (Wildman–Crippen LogP) is 3.47. The molecule has 0 saturated heterocycles. The van der Waals surface area contributed by atoms with E-state index in [-0.39, 0.29) is 17.0 Å². The van der Waals surface area contributed by atoms with E-state index >= 15 is 0 Å².